The van der Waals surface area contributed by atoms with E-state index in [1.807, 2.05) is 0 Å². The van der Waals surface area contributed by atoms with E-state index in [4.69, 9.17) is 0 Å². The first-order chi connectivity index (χ1) is 10.8. The molecule has 9 heteroatoms. The van der Waals surface area contributed by atoms with Crippen LogP contribution in [-0.2, 0) is 0 Å². The number of anilines is 1. The maximum atomic E-state index is 10.1. The molecule has 0 spiro atoms. The van der Waals surface area contributed by atoms with Gasteiger partial charge in [0.2, 0.25) is 5.95 Å². The van der Waals surface area contributed by atoms with Gasteiger partial charge >= 0.3 is 0 Å². The molecule has 0 bridgehead atoms. The van der Waals surface area contributed by atoms with Crippen molar-refractivity contribution in [3.8, 4) is 0 Å². The van der Waals surface area contributed by atoms with E-state index in [1.54, 1.807) is 28.8 Å². The van der Waals surface area contributed by atoms with Crippen molar-refractivity contribution >= 4 is 32.8 Å². The lowest BCUT2D eigenvalue weighted by Crippen LogP contribution is -2.39. The fourth-order valence-electron chi connectivity index (χ4n) is 3.24. The lowest BCUT2D eigenvalue weighted by Gasteiger charge is -2.26. The van der Waals surface area contributed by atoms with Crippen LogP contribution in [0.15, 0.2) is 6.20 Å². The summed E-state index contributed by atoms with van der Waals surface area (Å²) in [6, 6.07) is 0.309. The zero-order valence-corrected chi connectivity index (χ0v) is 14.0. The van der Waals surface area contributed by atoms with Crippen LogP contribution < -0.4 is 5.32 Å². The molecule has 1 atom stereocenters. The number of nitrogens with one attached hydrogen (secondary N) is 1. The Balaban J connectivity index is 2.08. The van der Waals surface area contributed by atoms with Crippen LogP contribution >= 0.6 is 0 Å². The molecule has 122 valence electrons. The Morgan fingerprint density at radius 3 is 2.61 bits per heavy atom. The maximum absolute atomic E-state index is 10.1. The molecule has 3 N–H and O–H groups in total. The van der Waals surface area contributed by atoms with E-state index in [0.29, 0.717) is 23.3 Å². The first-order valence-electron chi connectivity index (χ1n) is 8.28. The fourth-order valence-corrected chi connectivity index (χ4v) is 3.24. The van der Waals surface area contributed by atoms with Crippen LogP contribution in [0.3, 0.4) is 0 Å². The molecule has 7 nitrogen and oxygen atoms in total. The normalized spacial score (nSPS) is 18.2. The van der Waals surface area contributed by atoms with Gasteiger partial charge in [0.1, 0.15) is 17.4 Å². The molecule has 1 fully saturated rings. The summed E-state index contributed by atoms with van der Waals surface area (Å²) in [4.78, 5) is 13.3. The molecule has 0 aliphatic heterocycles. The Labute approximate surface area is 137 Å². The van der Waals surface area contributed by atoms with Gasteiger partial charge in [-0.05, 0) is 19.8 Å². The number of hydrogen-bond acceptors (Lipinski definition) is 6. The Kier molecular flexibility index (Phi) is 4.33. The van der Waals surface area contributed by atoms with Crippen molar-refractivity contribution < 1.29 is 10.2 Å². The van der Waals surface area contributed by atoms with Gasteiger partial charge in [-0.1, -0.05) is 19.3 Å². The fraction of sp³-hybridized carbons (Fsp3) is 0.643. The zero-order valence-electron chi connectivity index (χ0n) is 14.0. The standard InChI is InChI=1S/C14H23B2N5O2/c1-8(22)11-18-10-7-17-13(20-14(15,16)23)19-12(10)21(11)9-5-3-2-4-6-9/h7-9,22-23H,2-6,15-16H2,1H3,(H,17,19,20). The third-order valence-electron chi connectivity index (χ3n) is 4.19. The number of rotatable bonds is 4. The first kappa shape index (κ1) is 16.3. The second-order valence-electron chi connectivity index (χ2n) is 6.89. The van der Waals surface area contributed by atoms with E-state index >= 15 is 0 Å². The molecular weight excluding hydrogens is 292 g/mol. The average Bonchev–Trinajstić information content (AvgIpc) is 2.85. The number of hydrogen-bond donors (Lipinski definition) is 3. The number of aliphatic hydroxyl groups excluding tert-OH is 1. The molecule has 3 rings (SSSR count). The van der Waals surface area contributed by atoms with Crippen molar-refractivity contribution in [2.75, 3.05) is 5.32 Å². The van der Waals surface area contributed by atoms with E-state index in [2.05, 4.69) is 24.8 Å². The number of imidazole rings is 1. The van der Waals surface area contributed by atoms with Gasteiger partial charge in [0.15, 0.2) is 21.3 Å². The second kappa shape index (κ2) is 6.13. The van der Waals surface area contributed by atoms with Gasteiger partial charge in [0.25, 0.3) is 0 Å². The molecule has 0 amide bonds. The zero-order chi connectivity index (χ0) is 16.6. The molecule has 0 aromatic carbocycles. The summed E-state index contributed by atoms with van der Waals surface area (Å²) in [7, 11) is 3.28. The van der Waals surface area contributed by atoms with Gasteiger partial charge in [-0.15, -0.1) is 0 Å². The maximum Gasteiger partial charge on any atom is 0.225 e. The van der Waals surface area contributed by atoms with Crippen LogP contribution in [0, 0.1) is 0 Å². The van der Waals surface area contributed by atoms with Gasteiger partial charge < -0.3 is 20.1 Å². The molecule has 2 aromatic rings. The van der Waals surface area contributed by atoms with Crippen LogP contribution in [-0.4, -0.2) is 50.9 Å². The number of aromatic nitrogens is 4. The lowest BCUT2D eigenvalue weighted by atomic mass is 9.73. The van der Waals surface area contributed by atoms with Gasteiger partial charge in [-0.2, -0.15) is 4.98 Å². The van der Waals surface area contributed by atoms with Gasteiger partial charge in [-0.25, -0.2) is 9.97 Å². The Bertz CT molecular complexity index is 692. The minimum Gasteiger partial charge on any atom is -0.388 e. The summed E-state index contributed by atoms with van der Waals surface area (Å²) in [6.07, 6.45) is 6.76. The lowest BCUT2D eigenvalue weighted by molar-refractivity contribution is 0.178. The minimum absolute atomic E-state index is 0.309. The monoisotopic (exact) mass is 315 g/mol. The van der Waals surface area contributed by atoms with E-state index in [1.165, 1.54) is 19.3 Å². The molecule has 1 saturated carbocycles. The third-order valence-corrected chi connectivity index (χ3v) is 4.19. The minimum atomic E-state index is -1.10. The van der Waals surface area contributed by atoms with E-state index < -0.39 is 11.6 Å². The quantitative estimate of drug-likeness (QED) is 0.528. The highest BCUT2D eigenvalue weighted by Crippen LogP contribution is 2.33. The van der Waals surface area contributed by atoms with Crippen molar-refractivity contribution in [3.63, 3.8) is 0 Å². The SMILES string of the molecule is BC(B)(O)Nc1ncc2nc(C(C)O)n(C3CCCCC3)c2n1. The van der Waals surface area contributed by atoms with Crippen molar-refractivity contribution in [1.29, 1.82) is 0 Å². The van der Waals surface area contributed by atoms with Gasteiger partial charge in [0, 0.05) is 6.04 Å². The first-order valence-corrected chi connectivity index (χ1v) is 8.28. The van der Waals surface area contributed by atoms with Crippen LogP contribution in [0.4, 0.5) is 5.95 Å². The van der Waals surface area contributed by atoms with Gasteiger partial charge in [-0.3, -0.25) is 0 Å². The summed E-state index contributed by atoms with van der Waals surface area (Å²) < 4.78 is 2.07. The summed E-state index contributed by atoms with van der Waals surface area (Å²) in [5.41, 5.74) is 0.290. The molecule has 1 aliphatic rings. The van der Waals surface area contributed by atoms with Crippen molar-refractivity contribution in [2.24, 2.45) is 0 Å². The predicted octanol–water partition coefficient (Wildman–Crippen LogP) is -0.334. The molecule has 0 saturated heterocycles. The van der Waals surface area contributed by atoms with Crippen LogP contribution in [0.25, 0.3) is 11.2 Å². The van der Waals surface area contributed by atoms with E-state index in [9.17, 15) is 10.2 Å². The Morgan fingerprint density at radius 2 is 2.00 bits per heavy atom. The number of fused-ring (bicyclic) bond motifs is 1. The highest BCUT2D eigenvalue weighted by molar-refractivity contribution is 6.39. The second-order valence-corrected chi connectivity index (χ2v) is 6.89. The molecule has 1 unspecified atom stereocenters. The average molecular weight is 315 g/mol. The molecule has 2 aromatic heterocycles. The summed E-state index contributed by atoms with van der Waals surface area (Å²) in [5.74, 6) is 1.00. The van der Waals surface area contributed by atoms with Crippen molar-refractivity contribution in [3.05, 3.63) is 12.0 Å². The molecular formula is C14H23B2N5O2. The largest absolute Gasteiger partial charge is 0.388 e. The smallest absolute Gasteiger partial charge is 0.225 e. The number of nitrogens with zero attached hydrogens (tertiary/aromatic N) is 4. The van der Waals surface area contributed by atoms with Crippen LogP contribution in [0.1, 0.15) is 57.0 Å². The summed E-state index contributed by atoms with van der Waals surface area (Å²) in [6.45, 7) is 1.73. The summed E-state index contributed by atoms with van der Waals surface area (Å²) >= 11 is 0. The summed E-state index contributed by atoms with van der Waals surface area (Å²) in [5, 5.41) is 22.9. The van der Waals surface area contributed by atoms with E-state index in [0.717, 1.165) is 18.5 Å². The van der Waals surface area contributed by atoms with Crippen LogP contribution in [0.5, 0.6) is 0 Å². The Morgan fingerprint density at radius 1 is 1.30 bits per heavy atom. The molecule has 1 aliphatic carbocycles. The van der Waals surface area contributed by atoms with E-state index in [-0.39, 0.29) is 0 Å². The topological polar surface area (TPSA) is 96.1 Å². The third kappa shape index (κ3) is 3.50. The van der Waals surface area contributed by atoms with Crippen molar-refractivity contribution in [2.45, 2.75) is 56.7 Å². The molecule has 23 heavy (non-hydrogen) atoms. The van der Waals surface area contributed by atoms with Crippen LogP contribution in [0.2, 0.25) is 0 Å². The highest BCUT2D eigenvalue weighted by atomic mass is 16.3. The Hall–Kier alpha value is -1.60. The molecule has 2 heterocycles. The molecule has 0 radical (unpaired) electrons. The predicted molar refractivity (Wildman–Crippen MR) is 93.7 cm³/mol. The van der Waals surface area contributed by atoms with Gasteiger partial charge in [0.05, 0.1) is 11.7 Å². The van der Waals surface area contributed by atoms with Crippen molar-refractivity contribution in [1.82, 2.24) is 19.5 Å². The highest BCUT2D eigenvalue weighted by Gasteiger charge is 2.25. The number of aliphatic hydroxyl groups is 2.